The van der Waals surface area contributed by atoms with Crippen LogP contribution in [0.4, 0.5) is 5.69 Å². The van der Waals surface area contributed by atoms with Crippen LogP contribution >= 0.6 is 0 Å². The molecular formula is C17H22N2O2. The van der Waals surface area contributed by atoms with Crippen LogP contribution in [-0.2, 0) is 4.79 Å². The van der Waals surface area contributed by atoms with E-state index < -0.39 is 5.41 Å². The number of aryl methyl sites for hydroxylation is 1. The maximum absolute atomic E-state index is 12.7. The number of hydrogen-bond donors (Lipinski definition) is 1. The summed E-state index contributed by atoms with van der Waals surface area (Å²) < 4.78 is 5.28. The van der Waals surface area contributed by atoms with E-state index in [1.54, 1.807) is 7.11 Å². The molecule has 0 saturated heterocycles. The van der Waals surface area contributed by atoms with E-state index in [1.807, 2.05) is 25.1 Å². The first-order valence-corrected chi connectivity index (χ1v) is 7.49. The average Bonchev–Trinajstić information content (AvgIpc) is 2.74. The van der Waals surface area contributed by atoms with Crippen LogP contribution < -0.4 is 10.1 Å². The number of rotatable bonds is 3. The fourth-order valence-corrected chi connectivity index (χ4v) is 2.88. The van der Waals surface area contributed by atoms with Gasteiger partial charge < -0.3 is 10.1 Å². The van der Waals surface area contributed by atoms with Gasteiger partial charge in [0.05, 0.1) is 18.9 Å². The molecule has 1 aliphatic carbocycles. The Kier molecular flexibility index (Phi) is 4.85. The highest BCUT2D eigenvalue weighted by Gasteiger charge is 2.39. The SMILES string of the molecule is COc1ccc(C)cc1NC(=O)C1(C#N)CCCCCC1. The zero-order chi connectivity index (χ0) is 15.3. The smallest absolute Gasteiger partial charge is 0.244 e. The molecule has 1 aliphatic rings. The summed E-state index contributed by atoms with van der Waals surface area (Å²) >= 11 is 0. The topological polar surface area (TPSA) is 62.1 Å². The van der Waals surface area contributed by atoms with E-state index in [1.165, 1.54) is 0 Å². The lowest BCUT2D eigenvalue weighted by Gasteiger charge is -2.24. The van der Waals surface area contributed by atoms with Crippen LogP contribution in [0.25, 0.3) is 0 Å². The summed E-state index contributed by atoms with van der Waals surface area (Å²) in [5, 5.41) is 12.5. The Morgan fingerprint density at radius 2 is 1.95 bits per heavy atom. The molecule has 0 bridgehead atoms. The Morgan fingerprint density at radius 3 is 2.52 bits per heavy atom. The van der Waals surface area contributed by atoms with Crippen molar-refractivity contribution in [1.82, 2.24) is 0 Å². The third-order valence-corrected chi connectivity index (χ3v) is 4.21. The highest BCUT2D eigenvalue weighted by Crippen LogP contribution is 2.36. The van der Waals surface area contributed by atoms with Gasteiger partial charge in [0.25, 0.3) is 0 Å². The fourth-order valence-electron chi connectivity index (χ4n) is 2.88. The maximum atomic E-state index is 12.7. The van der Waals surface area contributed by atoms with E-state index in [2.05, 4.69) is 11.4 Å². The number of ether oxygens (including phenoxy) is 1. The second-order valence-electron chi connectivity index (χ2n) is 5.77. The molecule has 2 rings (SSSR count). The summed E-state index contributed by atoms with van der Waals surface area (Å²) in [5.74, 6) is 0.423. The third kappa shape index (κ3) is 3.36. The molecule has 1 amide bonds. The molecule has 1 aromatic carbocycles. The van der Waals surface area contributed by atoms with Gasteiger partial charge in [0, 0.05) is 0 Å². The predicted octanol–water partition coefficient (Wildman–Crippen LogP) is 3.81. The number of amides is 1. The van der Waals surface area contributed by atoms with Crippen LogP contribution in [0.1, 0.15) is 44.1 Å². The minimum Gasteiger partial charge on any atom is -0.495 e. The Bertz CT molecular complexity index is 552. The van der Waals surface area contributed by atoms with Crippen LogP contribution in [-0.4, -0.2) is 13.0 Å². The molecule has 4 heteroatoms. The van der Waals surface area contributed by atoms with E-state index in [4.69, 9.17) is 4.74 Å². The third-order valence-electron chi connectivity index (χ3n) is 4.21. The van der Waals surface area contributed by atoms with Crippen molar-refractivity contribution in [3.8, 4) is 11.8 Å². The number of benzene rings is 1. The maximum Gasteiger partial charge on any atom is 0.244 e. The summed E-state index contributed by atoms with van der Waals surface area (Å²) in [6, 6.07) is 7.91. The first-order chi connectivity index (χ1) is 10.1. The first-order valence-electron chi connectivity index (χ1n) is 7.49. The summed E-state index contributed by atoms with van der Waals surface area (Å²) in [6.45, 7) is 1.96. The second-order valence-corrected chi connectivity index (χ2v) is 5.77. The molecule has 0 unspecified atom stereocenters. The van der Waals surface area contributed by atoms with E-state index >= 15 is 0 Å². The van der Waals surface area contributed by atoms with Crippen molar-refractivity contribution in [3.05, 3.63) is 23.8 Å². The highest BCUT2D eigenvalue weighted by molar-refractivity contribution is 5.98. The number of carbonyl (C=O) groups excluding carboxylic acids is 1. The molecule has 0 heterocycles. The lowest BCUT2D eigenvalue weighted by Crippen LogP contribution is -2.34. The van der Waals surface area contributed by atoms with Crippen molar-refractivity contribution >= 4 is 11.6 Å². The fraction of sp³-hybridized carbons (Fsp3) is 0.529. The number of nitriles is 1. The quantitative estimate of drug-likeness (QED) is 0.859. The molecule has 1 N–H and O–H groups in total. The minimum atomic E-state index is -0.898. The summed E-state index contributed by atoms with van der Waals surface area (Å²) in [6.07, 6.45) is 5.36. The van der Waals surface area contributed by atoms with Gasteiger partial charge in [-0.25, -0.2) is 0 Å². The van der Waals surface area contributed by atoms with Gasteiger partial charge in [-0.05, 0) is 37.5 Å². The van der Waals surface area contributed by atoms with Crippen molar-refractivity contribution in [1.29, 1.82) is 5.26 Å². The molecular weight excluding hydrogens is 264 g/mol. The van der Waals surface area contributed by atoms with E-state index in [0.29, 0.717) is 24.3 Å². The molecule has 1 fully saturated rings. The largest absolute Gasteiger partial charge is 0.495 e. The zero-order valence-corrected chi connectivity index (χ0v) is 12.7. The van der Waals surface area contributed by atoms with Crippen molar-refractivity contribution in [2.75, 3.05) is 12.4 Å². The predicted molar refractivity (Wildman–Crippen MR) is 82.1 cm³/mol. The molecule has 0 atom stereocenters. The van der Waals surface area contributed by atoms with Crippen molar-refractivity contribution in [2.24, 2.45) is 5.41 Å². The molecule has 4 nitrogen and oxygen atoms in total. The lowest BCUT2D eigenvalue weighted by molar-refractivity contribution is -0.123. The van der Waals surface area contributed by atoms with Crippen molar-refractivity contribution in [3.63, 3.8) is 0 Å². The van der Waals surface area contributed by atoms with E-state index in [-0.39, 0.29) is 5.91 Å². The van der Waals surface area contributed by atoms with Gasteiger partial charge in [0.2, 0.25) is 5.91 Å². The number of nitrogens with zero attached hydrogens (tertiary/aromatic N) is 1. The number of anilines is 1. The van der Waals surface area contributed by atoms with Crippen LogP contribution in [0.15, 0.2) is 18.2 Å². The zero-order valence-electron chi connectivity index (χ0n) is 12.7. The Morgan fingerprint density at radius 1 is 1.29 bits per heavy atom. The second kappa shape index (κ2) is 6.62. The average molecular weight is 286 g/mol. The van der Waals surface area contributed by atoms with Crippen LogP contribution in [0.2, 0.25) is 0 Å². The number of methoxy groups -OCH3 is 1. The number of carbonyl (C=O) groups is 1. The number of hydrogen-bond acceptors (Lipinski definition) is 3. The van der Waals surface area contributed by atoms with Crippen molar-refractivity contribution in [2.45, 2.75) is 45.4 Å². The summed E-state index contributed by atoms with van der Waals surface area (Å²) in [5.41, 5.74) is 0.782. The van der Waals surface area contributed by atoms with Crippen LogP contribution in [0.3, 0.4) is 0 Å². The monoisotopic (exact) mass is 286 g/mol. The molecule has 0 spiro atoms. The molecule has 21 heavy (non-hydrogen) atoms. The Balaban J connectivity index is 2.23. The minimum absolute atomic E-state index is 0.198. The normalized spacial score (nSPS) is 17.4. The Hall–Kier alpha value is -2.02. The van der Waals surface area contributed by atoms with Gasteiger partial charge in [0.15, 0.2) is 0 Å². The summed E-state index contributed by atoms with van der Waals surface area (Å²) in [4.78, 5) is 12.7. The highest BCUT2D eigenvalue weighted by atomic mass is 16.5. The van der Waals surface area contributed by atoms with Gasteiger partial charge in [0.1, 0.15) is 11.2 Å². The van der Waals surface area contributed by atoms with Gasteiger partial charge in [-0.2, -0.15) is 5.26 Å². The molecule has 1 saturated carbocycles. The summed E-state index contributed by atoms with van der Waals surface area (Å²) in [7, 11) is 1.58. The van der Waals surface area contributed by atoms with E-state index in [0.717, 1.165) is 31.2 Å². The molecule has 0 aliphatic heterocycles. The Labute approximate surface area is 126 Å². The first kappa shape index (κ1) is 15.4. The van der Waals surface area contributed by atoms with Gasteiger partial charge >= 0.3 is 0 Å². The van der Waals surface area contributed by atoms with Crippen LogP contribution in [0, 0.1) is 23.7 Å². The van der Waals surface area contributed by atoms with Gasteiger partial charge in [-0.1, -0.05) is 31.7 Å². The van der Waals surface area contributed by atoms with Gasteiger partial charge in [-0.15, -0.1) is 0 Å². The van der Waals surface area contributed by atoms with Crippen LogP contribution in [0.5, 0.6) is 5.75 Å². The lowest BCUT2D eigenvalue weighted by atomic mass is 9.81. The molecule has 0 radical (unpaired) electrons. The number of nitrogens with one attached hydrogen (secondary N) is 1. The van der Waals surface area contributed by atoms with Crippen molar-refractivity contribution < 1.29 is 9.53 Å². The molecule has 112 valence electrons. The molecule has 0 aromatic heterocycles. The van der Waals surface area contributed by atoms with E-state index in [9.17, 15) is 10.1 Å². The molecule has 1 aromatic rings. The standard InChI is InChI=1S/C17H22N2O2/c1-13-7-8-15(21-2)14(11-13)19-16(20)17(12-18)9-5-3-4-6-10-17/h7-8,11H,3-6,9-10H2,1-2H3,(H,19,20). The van der Waals surface area contributed by atoms with Gasteiger partial charge in [-0.3, -0.25) is 4.79 Å².